The van der Waals surface area contributed by atoms with E-state index in [1.807, 2.05) is 18.2 Å². The van der Waals surface area contributed by atoms with Crippen molar-refractivity contribution in [2.24, 2.45) is 17.8 Å². The lowest BCUT2D eigenvalue weighted by Crippen LogP contribution is -2.51. The van der Waals surface area contributed by atoms with Crippen molar-refractivity contribution in [3.8, 4) is 0 Å². The second-order valence-electron chi connectivity index (χ2n) is 9.47. The summed E-state index contributed by atoms with van der Waals surface area (Å²) < 4.78 is 5.79. The van der Waals surface area contributed by atoms with Crippen LogP contribution in [0.4, 0.5) is 5.82 Å². The highest BCUT2D eigenvalue weighted by molar-refractivity contribution is 6.05. The fourth-order valence-electron chi connectivity index (χ4n) is 5.04. The van der Waals surface area contributed by atoms with Gasteiger partial charge in [0.15, 0.2) is 0 Å². The minimum absolute atomic E-state index is 0.0785. The van der Waals surface area contributed by atoms with E-state index in [2.05, 4.69) is 14.8 Å². The Morgan fingerprint density at radius 2 is 1.69 bits per heavy atom. The molecule has 0 aromatic carbocycles. The largest absolute Gasteiger partial charge is 0.459 e. The van der Waals surface area contributed by atoms with Crippen LogP contribution in [0.5, 0.6) is 0 Å². The molecule has 2 aliphatic heterocycles. The monoisotopic (exact) mass is 442 g/mol. The summed E-state index contributed by atoms with van der Waals surface area (Å²) in [5.41, 5.74) is 0. The third-order valence-corrected chi connectivity index (χ3v) is 6.88. The molecule has 0 spiro atoms. The minimum Gasteiger partial charge on any atom is -0.459 e. The van der Waals surface area contributed by atoms with Crippen molar-refractivity contribution in [1.82, 2.24) is 14.8 Å². The molecule has 1 aliphatic carbocycles. The molecule has 32 heavy (non-hydrogen) atoms. The van der Waals surface area contributed by atoms with Crippen molar-refractivity contribution < 1.29 is 19.1 Å². The normalized spacial score (nSPS) is 25.2. The summed E-state index contributed by atoms with van der Waals surface area (Å²) in [6.45, 7) is 7.53. The standard InChI is InChI=1S/C24H34N4O4/c1-17(2)24(31)32-18(16-28-22(29)19-7-3-4-8-20(19)23(28)30)15-26-11-13-27(14-12-26)21-9-5-6-10-25-21/h5-6,9-10,17-20H,3-4,7-8,11-16H2,1-2H3. The van der Waals surface area contributed by atoms with Gasteiger partial charge in [-0.05, 0) is 25.0 Å². The number of fused-ring (bicyclic) bond motifs is 1. The Kier molecular flexibility index (Phi) is 7.08. The van der Waals surface area contributed by atoms with Gasteiger partial charge in [-0.2, -0.15) is 0 Å². The molecule has 3 unspecified atom stereocenters. The van der Waals surface area contributed by atoms with Crippen LogP contribution in [0.2, 0.25) is 0 Å². The maximum atomic E-state index is 12.9. The lowest BCUT2D eigenvalue weighted by atomic mass is 9.81. The second-order valence-corrected chi connectivity index (χ2v) is 9.47. The summed E-state index contributed by atoms with van der Waals surface area (Å²) in [4.78, 5) is 48.5. The summed E-state index contributed by atoms with van der Waals surface area (Å²) >= 11 is 0. The third kappa shape index (κ3) is 4.95. The molecule has 2 saturated heterocycles. The van der Waals surface area contributed by atoms with Crippen LogP contribution in [0.1, 0.15) is 39.5 Å². The number of esters is 1. The fraction of sp³-hybridized carbons (Fsp3) is 0.667. The molecule has 3 atom stereocenters. The number of piperazine rings is 1. The zero-order chi connectivity index (χ0) is 22.7. The first-order valence-corrected chi connectivity index (χ1v) is 11.9. The van der Waals surface area contributed by atoms with Gasteiger partial charge in [0.05, 0.1) is 24.3 Å². The molecule has 174 valence electrons. The first kappa shape index (κ1) is 22.7. The quantitative estimate of drug-likeness (QED) is 0.471. The van der Waals surface area contributed by atoms with Gasteiger partial charge in [-0.1, -0.05) is 32.8 Å². The van der Waals surface area contributed by atoms with Gasteiger partial charge in [-0.15, -0.1) is 0 Å². The SMILES string of the molecule is CC(C)C(=O)OC(CN1CCN(c2ccccn2)CC1)CN1C(=O)C2CCCCC2C1=O. The summed E-state index contributed by atoms with van der Waals surface area (Å²) in [5.74, 6) is -0.106. The highest BCUT2D eigenvalue weighted by atomic mass is 16.5. The van der Waals surface area contributed by atoms with Crippen molar-refractivity contribution in [1.29, 1.82) is 0 Å². The number of amides is 2. The van der Waals surface area contributed by atoms with E-state index in [9.17, 15) is 14.4 Å². The van der Waals surface area contributed by atoms with E-state index in [0.29, 0.717) is 6.54 Å². The van der Waals surface area contributed by atoms with Gasteiger partial charge in [0.1, 0.15) is 11.9 Å². The van der Waals surface area contributed by atoms with Gasteiger partial charge in [-0.25, -0.2) is 4.98 Å². The Morgan fingerprint density at radius 3 is 2.25 bits per heavy atom. The van der Waals surface area contributed by atoms with Gasteiger partial charge in [0.25, 0.3) is 0 Å². The maximum absolute atomic E-state index is 12.9. The summed E-state index contributed by atoms with van der Waals surface area (Å²) in [5, 5.41) is 0. The van der Waals surface area contributed by atoms with Crippen molar-refractivity contribution >= 4 is 23.6 Å². The van der Waals surface area contributed by atoms with Crippen LogP contribution in [-0.4, -0.2) is 77.9 Å². The van der Waals surface area contributed by atoms with Crippen LogP contribution in [0, 0.1) is 17.8 Å². The minimum atomic E-state index is -0.514. The second kappa shape index (κ2) is 9.98. The molecule has 1 aromatic rings. The Labute approximate surface area is 189 Å². The number of nitrogens with zero attached hydrogens (tertiary/aromatic N) is 4. The predicted molar refractivity (Wildman–Crippen MR) is 120 cm³/mol. The first-order valence-electron chi connectivity index (χ1n) is 11.9. The van der Waals surface area contributed by atoms with E-state index in [-0.39, 0.29) is 42.1 Å². The Morgan fingerprint density at radius 1 is 1.03 bits per heavy atom. The summed E-state index contributed by atoms with van der Waals surface area (Å²) in [6, 6.07) is 5.90. The predicted octanol–water partition coefficient (Wildman–Crippen LogP) is 1.95. The van der Waals surface area contributed by atoms with E-state index in [4.69, 9.17) is 4.74 Å². The number of carbonyl (C=O) groups excluding carboxylic acids is 3. The smallest absolute Gasteiger partial charge is 0.308 e. The lowest BCUT2D eigenvalue weighted by Gasteiger charge is -2.37. The zero-order valence-corrected chi connectivity index (χ0v) is 19.1. The number of imide groups is 1. The molecule has 8 heteroatoms. The Hall–Kier alpha value is -2.48. The molecule has 0 radical (unpaired) electrons. The number of carbonyl (C=O) groups is 3. The average Bonchev–Trinajstić information content (AvgIpc) is 3.05. The number of hydrogen-bond acceptors (Lipinski definition) is 7. The van der Waals surface area contributed by atoms with Gasteiger partial charge >= 0.3 is 5.97 Å². The molecular formula is C24H34N4O4. The highest BCUT2D eigenvalue weighted by Gasteiger charge is 2.48. The number of ether oxygens (including phenoxy) is 1. The molecule has 0 bridgehead atoms. The van der Waals surface area contributed by atoms with Gasteiger partial charge < -0.3 is 9.64 Å². The van der Waals surface area contributed by atoms with Crippen LogP contribution in [0.15, 0.2) is 24.4 Å². The van der Waals surface area contributed by atoms with Crippen LogP contribution < -0.4 is 4.90 Å². The molecule has 8 nitrogen and oxygen atoms in total. The summed E-state index contributed by atoms with van der Waals surface area (Å²) in [7, 11) is 0. The fourth-order valence-corrected chi connectivity index (χ4v) is 5.04. The molecule has 2 amide bonds. The number of aromatic nitrogens is 1. The van der Waals surface area contributed by atoms with E-state index < -0.39 is 6.10 Å². The number of hydrogen-bond donors (Lipinski definition) is 0. The van der Waals surface area contributed by atoms with Gasteiger partial charge in [0, 0.05) is 38.9 Å². The molecule has 3 heterocycles. The number of pyridine rings is 1. The lowest BCUT2D eigenvalue weighted by molar-refractivity contribution is -0.158. The van der Waals surface area contributed by atoms with Crippen LogP contribution in [0.25, 0.3) is 0 Å². The molecular weight excluding hydrogens is 408 g/mol. The maximum Gasteiger partial charge on any atom is 0.308 e. The van der Waals surface area contributed by atoms with Gasteiger partial charge in [-0.3, -0.25) is 24.2 Å². The average molecular weight is 443 g/mol. The highest BCUT2D eigenvalue weighted by Crippen LogP contribution is 2.38. The van der Waals surface area contributed by atoms with E-state index in [1.54, 1.807) is 20.0 Å². The van der Waals surface area contributed by atoms with Crippen molar-refractivity contribution in [3.63, 3.8) is 0 Å². The topological polar surface area (TPSA) is 83.1 Å². The van der Waals surface area contributed by atoms with E-state index in [1.165, 1.54) is 4.90 Å². The molecule has 1 aromatic heterocycles. The zero-order valence-electron chi connectivity index (χ0n) is 19.1. The third-order valence-electron chi connectivity index (χ3n) is 6.88. The van der Waals surface area contributed by atoms with Crippen LogP contribution in [-0.2, 0) is 19.1 Å². The molecule has 3 aliphatic rings. The van der Waals surface area contributed by atoms with Gasteiger partial charge in [0.2, 0.25) is 11.8 Å². The van der Waals surface area contributed by atoms with Crippen molar-refractivity contribution in [3.05, 3.63) is 24.4 Å². The molecule has 0 N–H and O–H groups in total. The Bertz CT molecular complexity index is 799. The van der Waals surface area contributed by atoms with Crippen LogP contribution >= 0.6 is 0 Å². The van der Waals surface area contributed by atoms with Crippen molar-refractivity contribution in [2.75, 3.05) is 44.2 Å². The van der Waals surface area contributed by atoms with E-state index in [0.717, 1.165) is 57.7 Å². The molecule has 4 rings (SSSR count). The number of anilines is 1. The van der Waals surface area contributed by atoms with Crippen LogP contribution in [0.3, 0.4) is 0 Å². The number of likely N-dealkylation sites (tertiary alicyclic amines) is 1. The van der Waals surface area contributed by atoms with Crippen molar-refractivity contribution in [2.45, 2.75) is 45.6 Å². The Balaban J connectivity index is 1.39. The molecule has 1 saturated carbocycles. The van der Waals surface area contributed by atoms with E-state index >= 15 is 0 Å². The molecule has 3 fully saturated rings. The first-order chi connectivity index (χ1) is 15.4. The number of rotatable bonds is 7. The summed E-state index contributed by atoms with van der Waals surface area (Å²) in [6.07, 6.45) is 4.86.